The second kappa shape index (κ2) is 12.4. The molecule has 2 aliphatic rings. The van der Waals surface area contributed by atoms with Gasteiger partial charge in [-0.3, -0.25) is 19.3 Å². The van der Waals surface area contributed by atoms with E-state index in [1.165, 1.54) is 12.0 Å². The number of anilines is 1. The monoisotopic (exact) mass is 628 g/mol. The zero-order valence-electron chi connectivity index (χ0n) is 23.4. The average Bonchev–Trinajstić information content (AvgIpc) is 3.50. The Kier molecular flexibility index (Phi) is 8.86. The van der Waals surface area contributed by atoms with Crippen LogP contribution in [-0.4, -0.2) is 77.8 Å². The molecule has 0 aliphatic carbocycles. The number of esters is 1. The van der Waals surface area contributed by atoms with Crippen LogP contribution in [0.2, 0.25) is 10.0 Å². The van der Waals surface area contributed by atoms with Gasteiger partial charge in [0.05, 0.1) is 40.5 Å². The summed E-state index contributed by atoms with van der Waals surface area (Å²) in [5, 5.41) is 1.64. The zero-order chi connectivity index (χ0) is 30.1. The van der Waals surface area contributed by atoms with Crippen molar-refractivity contribution in [3.05, 3.63) is 68.5 Å². The minimum atomic E-state index is -0.871. The van der Waals surface area contributed by atoms with E-state index in [-0.39, 0.29) is 32.0 Å². The molecule has 3 heterocycles. The van der Waals surface area contributed by atoms with Crippen LogP contribution >= 0.6 is 34.5 Å². The standard InChI is InChI=1S/C30H30Cl2N4O5S/c1-17(2)14-24-26(18-8-9-21(31)22(32)15-18)33-30(42-24)34-12-13-35(23(16-34)29(40)41-3)25(37)10-11-36-27(38)19-6-4-5-7-20(19)28(36)39/h4-9,15,17,23H,10-14,16H2,1-3H3. The third-order valence-electron chi connectivity index (χ3n) is 7.34. The van der Waals surface area contributed by atoms with E-state index in [9.17, 15) is 19.2 Å². The Hall–Kier alpha value is -3.47. The number of thiazole rings is 1. The van der Waals surface area contributed by atoms with Crippen LogP contribution in [0.1, 0.15) is 45.9 Å². The molecule has 12 heteroatoms. The number of imide groups is 1. The number of rotatable bonds is 8. The summed E-state index contributed by atoms with van der Waals surface area (Å²) in [6, 6.07) is 11.2. The van der Waals surface area contributed by atoms with Crippen LogP contribution < -0.4 is 4.90 Å². The fraction of sp³-hybridized carbons (Fsp3) is 0.367. The Morgan fingerprint density at radius 3 is 2.36 bits per heavy atom. The molecule has 0 spiro atoms. The SMILES string of the molecule is COC(=O)C1CN(c2nc(-c3ccc(Cl)c(Cl)c3)c(CC(C)C)s2)CCN1C(=O)CCN1C(=O)c2ccccc2C1=O. The summed E-state index contributed by atoms with van der Waals surface area (Å²) >= 11 is 14.0. The molecular formula is C30H30Cl2N4O5S. The smallest absolute Gasteiger partial charge is 0.330 e. The second-order valence-corrected chi connectivity index (χ2v) is 12.5. The molecule has 1 unspecified atom stereocenters. The Bertz CT molecular complexity index is 1520. The van der Waals surface area contributed by atoms with Gasteiger partial charge in [-0.05, 0) is 36.6 Å². The van der Waals surface area contributed by atoms with E-state index in [0.29, 0.717) is 33.6 Å². The number of hydrogen-bond acceptors (Lipinski definition) is 8. The third-order valence-corrected chi connectivity index (χ3v) is 9.22. The quantitative estimate of drug-likeness (QED) is 0.250. The van der Waals surface area contributed by atoms with E-state index in [4.69, 9.17) is 32.9 Å². The van der Waals surface area contributed by atoms with E-state index in [1.54, 1.807) is 47.7 Å². The number of ether oxygens (including phenoxy) is 1. The van der Waals surface area contributed by atoms with Crippen molar-refractivity contribution in [2.75, 3.05) is 38.2 Å². The minimum Gasteiger partial charge on any atom is -0.467 e. The van der Waals surface area contributed by atoms with E-state index >= 15 is 0 Å². The van der Waals surface area contributed by atoms with Crippen molar-refractivity contribution in [3.8, 4) is 11.3 Å². The Morgan fingerprint density at radius 1 is 1.05 bits per heavy atom. The fourth-order valence-corrected chi connectivity index (χ4v) is 6.87. The molecule has 0 saturated carbocycles. The highest BCUT2D eigenvalue weighted by atomic mass is 35.5. The molecule has 1 atom stereocenters. The van der Waals surface area contributed by atoms with E-state index in [1.807, 2.05) is 11.0 Å². The lowest BCUT2D eigenvalue weighted by Crippen LogP contribution is -2.59. The van der Waals surface area contributed by atoms with Gasteiger partial charge in [-0.2, -0.15) is 0 Å². The number of fused-ring (bicyclic) bond motifs is 1. The maximum absolute atomic E-state index is 13.4. The summed E-state index contributed by atoms with van der Waals surface area (Å²) in [6.45, 7) is 5.09. The lowest BCUT2D eigenvalue weighted by Gasteiger charge is -2.40. The molecule has 2 aromatic carbocycles. The second-order valence-electron chi connectivity index (χ2n) is 10.6. The highest BCUT2D eigenvalue weighted by Crippen LogP contribution is 2.38. The molecular weight excluding hydrogens is 599 g/mol. The summed E-state index contributed by atoms with van der Waals surface area (Å²) < 4.78 is 5.06. The minimum absolute atomic E-state index is 0.0721. The van der Waals surface area contributed by atoms with Crippen molar-refractivity contribution in [1.29, 1.82) is 0 Å². The van der Waals surface area contributed by atoms with Gasteiger partial charge in [-0.15, -0.1) is 11.3 Å². The number of hydrogen-bond donors (Lipinski definition) is 0. The van der Waals surface area contributed by atoms with Crippen LogP contribution in [0, 0.1) is 5.92 Å². The van der Waals surface area contributed by atoms with Crippen LogP contribution in [0.3, 0.4) is 0 Å². The number of carbonyl (C=O) groups excluding carboxylic acids is 4. The molecule has 9 nitrogen and oxygen atoms in total. The lowest BCUT2D eigenvalue weighted by atomic mass is 10.0. The highest BCUT2D eigenvalue weighted by molar-refractivity contribution is 7.16. The van der Waals surface area contributed by atoms with Gasteiger partial charge in [-0.1, -0.05) is 55.2 Å². The summed E-state index contributed by atoms with van der Waals surface area (Å²) in [5.41, 5.74) is 2.33. The first-order valence-corrected chi connectivity index (χ1v) is 15.2. The van der Waals surface area contributed by atoms with Crippen molar-refractivity contribution in [1.82, 2.24) is 14.8 Å². The molecule has 1 saturated heterocycles. The topological polar surface area (TPSA) is 100 Å². The highest BCUT2D eigenvalue weighted by Gasteiger charge is 2.39. The van der Waals surface area contributed by atoms with Gasteiger partial charge in [0.15, 0.2) is 5.13 Å². The summed E-state index contributed by atoms with van der Waals surface area (Å²) in [6.07, 6.45) is 0.708. The Morgan fingerprint density at radius 2 is 1.74 bits per heavy atom. The molecule has 1 fully saturated rings. The Balaban J connectivity index is 1.33. The molecule has 0 N–H and O–H groups in total. The fourth-order valence-electron chi connectivity index (χ4n) is 5.24. The first kappa shape index (κ1) is 30.0. The molecule has 220 valence electrons. The molecule has 3 amide bonds. The number of piperazine rings is 1. The van der Waals surface area contributed by atoms with Crippen LogP contribution in [0.25, 0.3) is 11.3 Å². The molecule has 5 rings (SSSR count). The number of amides is 3. The average molecular weight is 630 g/mol. The molecule has 1 aromatic heterocycles. The van der Waals surface area contributed by atoms with Crippen molar-refractivity contribution in [3.63, 3.8) is 0 Å². The van der Waals surface area contributed by atoms with Gasteiger partial charge < -0.3 is 14.5 Å². The van der Waals surface area contributed by atoms with Crippen LogP contribution in [0.15, 0.2) is 42.5 Å². The largest absolute Gasteiger partial charge is 0.467 e. The number of benzene rings is 2. The van der Waals surface area contributed by atoms with Crippen molar-refractivity contribution >= 4 is 63.4 Å². The normalized spacial score (nSPS) is 16.8. The Labute approximate surface area is 258 Å². The number of carbonyl (C=O) groups is 4. The third kappa shape index (κ3) is 5.88. The van der Waals surface area contributed by atoms with Crippen molar-refractivity contribution in [2.45, 2.75) is 32.7 Å². The number of nitrogens with zero attached hydrogens (tertiary/aromatic N) is 4. The molecule has 3 aromatic rings. The van der Waals surface area contributed by atoms with E-state index < -0.39 is 23.8 Å². The number of methoxy groups -OCH3 is 1. The first-order chi connectivity index (χ1) is 20.1. The number of halogens is 2. The van der Waals surface area contributed by atoms with Gasteiger partial charge in [0, 0.05) is 36.5 Å². The molecule has 0 bridgehead atoms. The van der Waals surface area contributed by atoms with E-state index in [2.05, 4.69) is 13.8 Å². The summed E-state index contributed by atoms with van der Waals surface area (Å²) in [4.78, 5) is 62.3. The zero-order valence-corrected chi connectivity index (χ0v) is 25.8. The van der Waals surface area contributed by atoms with Gasteiger partial charge in [-0.25, -0.2) is 9.78 Å². The number of aromatic nitrogens is 1. The maximum atomic E-state index is 13.4. The van der Waals surface area contributed by atoms with Crippen LogP contribution in [0.4, 0.5) is 5.13 Å². The van der Waals surface area contributed by atoms with E-state index in [0.717, 1.165) is 32.6 Å². The molecule has 2 aliphatic heterocycles. The first-order valence-electron chi connectivity index (χ1n) is 13.6. The summed E-state index contributed by atoms with van der Waals surface area (Å²) in [7, 11) is 1.29. The van der Waals surface area contributed by atoms with Crippen molar-refractivity contribution < 1.29 is 23.9 Å². The predicted molar refractivity (Wildman–Crippen MR) is 162 cm³/mol. The van der Waals surface area contributed by atoms with Crippen molar-refractivity contribution in [2.24, 2.45) is 5.92 Å². The van der Waals surface area contributed by atoms with Crippen LogP contribution in [-0.2, 0) is 20.7 Å². The summed E-state index contributed by atoms with van der Waals surface area (Å²) in [5.74, 6) is -1.33. The lowest BCUT2D eigenvalue weighted by molar-refractivity contribution is -0.153. The van der Waals surface area contributed by atoms with Gasteiger partial charge in [0.1, 0.15) is 6.04 Å². The van der Waals surface area contributed by atoms with Gasteiger partial charge >= 0.3 is 5.97 Å². The van der Waals surface area contributed by atoms with Crippen LogP contribution in [0.5, 0.6) is 0 Å². The maximum Gasteiger partial charge on any atom is 0.330 e. The molecule has 42 heavy (non-hydrogen) atoms. The van der Waals surface area contributed by atoms with Gasteiger partial charge in [0.25, 0.3) is 11.8 Å². The van der Waals surface area contributed by atoms with Gasteiger partial charge in [0.2, 0.25) is 5.91 Å². The predicted octanol–water partition coefficient (Wildman–Crippen LogP) is 5.19. The molecule has 0 radical (unpaired) electrons.